The van der Waals surface area contributed by atoms with E-state index in [0.29, 0.717) is 17.5 Å². The molecule has 0 saturated carbocycles. The Morgan fingerprint density at radius 1 is 1.19 bits per heavy atom. The zero-order valence-corrected chi connectivity index (χ0v) is 14.0. The maximum Gasteiger partial charge on any atom is 0.272 e. The molecule has 118 valence electrons. The summed E-state index contributed by atoms with van der Waals surface area (Å²) < 4.78 is 0. The van der Waals surface area contributed by atoms with Crippen LogP contribution in [0.5, 0.6) is 0 Å². The first-order chi connectivity index (χ1) is 9.93. The molecule has 1 heterocycles. The van der Waals surface area contributed by atoms with Gasteiger partial charge in [0.1, 0.15) is 11.5 Å². The van der Waals surface area contributed by atoms with Crippen molar-refractivity contribution in [1.82, 2.24) is 9.88 Å². The fraction of sp³-hybridized carbons (Fsp3) is 0.647. The van der Waals surface area contributed by atoms with Crippen LogP contribution >= 0.6 is 0 Å². The minimum Gasteiger partial charge on any atom is -0.370 e. The lowest BCUT2D eigenvalue weighted by Gasteiger charge is -2.26. The van der Waals surface area contributed by atoms with E-state index in [4.69, 9.17) is 0 Å². The second-order valence-corrected chi connectivity index (χ2v) is 6.33. The molecule has 0 aliphatic heterocycles. The molecule has 21 heavy (non-hydrogen) atoms. The molecule has 0 saturated heterocycles. The largest absolute Gasteiger partial charge is 0.370 e. The number of rotatable bonds is 8. The van der Waals surface area contributed by atoms with Gasteiger partial charge < -0.3 is 10.2 Å². The molecule has 4 heteroatoms. The van der Waals surface area contributed by atoms with Crippen LogP contribution in [0.4, 0.5) is 5.82 Å². The summed E-state index contributed by atoms with van der Waals surface area (Å²) in [6, 6.07) is 5.59. The van der Waals surface area contributed by atoms with Crippen LogP contribution in [0.3, 0.4) is 0 Å². The summed E-state index contributed by atoms with van der Waals surface area (Å²) in [7, 11) is 0. The van der Waals surface area contributed by atoms with Crippen molar-refractivity contribution < 1.29 is 4.79 Å². The van der Waals surface area contributed by atoms with Gasteiger partial charge >= 0.3 is 0 Å². The maximum atomic E-state index is 12.7. The van der Waals surface area contributed by atoms with Gasteiger partial charge in [-0.15, -0.1) is 0 Å². The van der Waals surface area contributed by atoms with Gasteiger partial charge in [0, 0.05) is 19.6 Å². The highest BCUT2D eigenvalue weighted by Crippen LogP contribution is 2.11. The number of nitrogens with one attached hydrogen (secondary N) is 1. The van der Waals surface area contributed by atoms with E-state index in [0.717, 1.165) is 31.9 Å². The predicted octanol–water partition coefficient (Wildman–Crippen LogP) is 3.66. The smallest absolute Gasteiger partial charge is 0.272 e. The van der Waals surface area contributed by atoms with Crippen molar-refractivity contribution in [3.05, 3.63) is 23.9 Å². The highest BCUT2D eigenvalue weighted by Gasteiger charge is 2.19. The summed E-state index contributed by atoms with van der Waals surface area (Å²) in [6.45, 7) is 13.0. The molecule has 4 nitrogen and oxygen atoms in total. The van der Waals surface area contributed by atoms with Crippen molar-refractivity contribution in [3.8, 4) is 0 Å². The second kappa shape index (κ2) is 8.65. The Morgan fingerprint density at radius 3 is 2.33 bits per heavy atom. The van der Waals surface area contributed by atoms with E-state index in [1.807, 2.05) is 17.0 Å². The molecule has 0 atom stereocenters. The van der Waals surface area contributed by atoms with E-state index in [9.17, 15) is 4.79 Å². The lowest BCUT2D eigenvalue weighted by Crippen LogP contribution is -2.37. The molecule has 0 aliphatic rings. The Morgan fingerprint density at radius 2 is 1.81 bits per heavy atom. The maximum absolute atomic E-state index is 12.7. The summed E-state index contributed by atoms with van der Waals surface area (Å²) in [5.74, 6) is 1.71. The average Bonchev–Trinajstić information content (AvgIpc) is 2.43. The van der Waals surface area contributed by atoms with Crippen molar-refractivity contribution in [3.63, 3.8) is 0 Å². The highest BCUT2D eigenvalue weighted by molar-refractivity contribution is 5.92. The number of carbonyl (C=O) groups is 1. The number of aromatic nitrogens is 1. The number of nitrogens with zero attached hydrogens (tertiary/aromatic N) is 2. The van der Waals surface area contributed by atoms with Crippen LogP contribution in [0.2, 0.25) is 0 Å². The molecule has 1 aromatic rings. The molecule has 1 amide bonds. The molecule has 0 bridgehead atoms. The third-order valence-electron chi connectivity index (χ3n) is 2.98. The molecular weight excluding hydrogens is 262 g/mol. The summed E-state index contributed by atoms with van der Waals surface area (Å²) in [6.07, 6.45) is 1.03. The van der Waals surface area contributed by atoms with Crippen molar-refractivity contribution in [1.29, 1.82) is 0 Å². The van der Waals surface area contributed by atoms with Crippen LogP contribution in [0.25, 0.3) is 0 Å². The second-order valence-electron chi connectivity index (χ2n) is 6.33. The summed E-state index contributed by atoms with van der Waals surface area (Å²) in [4.78, 5) is 19.0. The third kappa shape index (κ3) is 6.15. The highest BCUT2D eigenvalue weighted by atomic mass is 16.2. The monoisotopic (exact) mass is 291 g/mol. The van der Waals surface area contributed by atoms with Crippen LogP contribution in [-0.2, 0) is 0 Å². The van der Waals surface area contributed by atoms with Crippen molar-refractivity contribution in [2.24, 2.45) is 11.8 Å². The molecule has 0 fully saturated rings. The van der Waals surface area contributed by atoms with E-state index in [1.165, 1.54) is 0 Å². The van der Waals surface area contributed by atoms with Gasteiger partial charge in [0.15, 0.2) is 0 Å². The Bertz CT molecular complexity index is 433. The molecule has 0 aromatic carbocycles. The number of anilines is 1. The Hall–Kier alpha value is -1.58. The van der Waals surface area contributed by atoms with E-state index in [1.54, 1.807) is 6.07 Å². The Balaban J connectivity index is 2.86. The zero-order chi connectivity index (χ0) is 15.8. The summed E-state index contributed by atoms with van der Waals surface area (Å²) >= 11 is 0. The normalized spacial score (nSPS) is 11.0. The van der Waals surface area contributed by atoms with Crippen LogP contribution in [0.1, 0.15) is 51.5 Å². The summed E-state index contributed by atoms with van der Waals surface area (Å²) in [5, 5.41) is 3.23. The topological polar surface area (TPSA) is 45.2 Å². The van der Waals surface area contributed by atoms with E-state index in [2.05, 4.69) is 44.9 Å². The number of hydrogen-bond acceptors (Lipinski definition) is 3. The van der Waals surface area contributed by atoms with Crippen LogP contribution in [0, 0.1) is 11.8 Å². The first-order valence-electron chi connectivity index (χ1n) is 7.94. The van der Waals surface area contributed by atoms with Gasteiger partial charge in [0.2, 0.25) is 0 Å². The number of amides is 1. The minimum absolute atomic E-state index is 0.0255. The number of pyridine rings is 1. The standard InChI is InChI=1S/C17H29N3O/c1-6-10-18-16-9-7-8-15(19-16)17(21)20(11-13(2)3)12-14(4)5/h7-9,13-14H,6,10-12H2,1-5H3,(H,18,19). The lowest BCUT2D eigenvalue weighted by atomic mass is 10.1. The van der Waals surface area contributed by atoms with Crippen molar-refractivity contribution >= 4 is 11.7 Å². The molecule has 1 aromatic heterocycles. The van der Waals surface area contributed by atoms with Gasteiger partial charge in [-0.1, -0.05) is 40.7 Å². The molecular formula is C17H29N3O. The molecule has 0 aliphatic carbocycles. The fourth-order valence-corrected chi connectivity index (χ4v) is 2.19. The van der Waals surface area contributed by atoms with Gasteiger partial charge in [-0.25, -0.2) is 4.98 Å². The van der Waals surface area contributed by atoms with E-state index in [-0.39, 0.29) is 5.91 Å². The first-order valence-corrected chi connectivity index (χ1v) is 7.94. The fourth-order valence-electron chi connectivity index (χ4n) is 2.19. The van der Waals surface area contributed by atoms with Crippen LogP contribution in [0.15, 0.2) is 18.2 Å². The van der Waals surface area contributed by atoms with E-state index < -0.39 is 0 Å². The van der Waals surface area contributed by atoms with Gasteiger partial charge in [-0.05, 0) is 30.4 Å². The average molecular weight is 291 g/mol. The zero-order valence-electron chi connectivity index (χ0n) is 14.0. The molecule has 1 N–H and O–H groups in total. The third-order valence-corrected chi connectivity index (χ3v) is 2.98. The van der Waals surface area contributed by atoms with Gasteiger partial charge in [-0.3, -0.25) is 4.79 Å². The van der Waals surface area contributed by atoms with Crippen molar-refractivity contribution in [2.75, 3.05) is 25.0 Å². The van der Waals surface area contributed by atoms with Crippen molar-refractivity contribution in [2.45, 2.75) is 41.0 Å². The first kappa shape index (κ1) is 17.5. The molecule has 0 radical (unpaired) electrons. The Labute approximate surface area is 129 Å². The van der Waals surface area contributed by atoms with Crippen LogP contribution in [-0.4, -0.2) is 35.4 Å². The minimum atomic E-state index is 0.0255. The van der Waals surface area contributed by atoms with E-state index >= 15 is 0 Å². The predicted molar refractivity (Wildman–Crippen MR) is 88.6 cm³/mol. The molecule has 0 spiro atoms. The van der Waals surface area contributed by atoms with Gasteiger partial charge in [-0.2, -0.15) is 0 Å². The quantitative estimate of drug-likeness (QED) is 0.795. The van der Waals surface area contributed by atoms with Gasteiger partial charge in [0.25, 0.3) is 5.91 Å². The molecule has 0 unspecified atom stereocenters. The Kier molecular flexibility index (Phi) is 7.20. The number of hydrogen-bond donors (Lipinski definition) is 1. The SMILES string of the molecule is CCCNc1cccc(C(=O)N(CC(C)C)CC(C)C)n1. The summed E-state index contributed by atoms with van der Waals surface area (Å²) in [5.41, 5.74) is 0.525. The lowest BCUT2D eigenvalue weighted by molar-refractivity contribution is 0.0709. The van der Waals surface area contributed by atoms with Gasteiger partial charge in [0.05, 0.1) is 0 Å². The van der Waals surface area contributed by atoms with Crippen LogP contribution < -0.4 is 5.32 Å². The molecule has 1 rings (SSSR count). The number of carbonyl (C=O) groups excluding carboxylic acids is 1.